The van der Waals surface area contributed by atoms with E-state index in [9.17, 15) is 13.2 Å². The fourth-order valence-corrected chi connectivity index (χ4v) is 2.82. The first-order valence-corrected chi connectivity index (χ1v) is 8.58. The minimum Gasteiger partial charge on any atom is -0.321 e. The molecule has 21 heavy (non-hydrogen) atoms. The summed E-state index contributed by atoms with van der Waals surface area (Å²) in [7, 11) is -3.22. The SMILES string of the molecule is CCS(=O)(=O)NCCc1cc2ccc(C)c(C)c2[nH]c1=O. The summed E-state index contributed by atoms with van der Waals surface area (Å²) in [5, 5.41) is 0.964. The first kappa shape index (κ1) is 15.7. The zero-order valence-electron chi connectivity index (χ0n) is 12.5. The van der Waals surface area contributed by atoms with E-state index in [1.165, 1.54) is 0 Å². The van der Waals surface area contributed by atoms with Gasteiger partial charge >= 0.3 is 0 Å². The lowest BCUT2D eigenvalue weighted by Crippen LogP contribution is -2.28. The summed E-state index contributed by atoms with van der Waals surface area (Å²) in [6.45, 7) is 5.79. The van der Waals surface area contributed by atoms with Crippen LogP contribution in [-0.4, -0.2) is 25.7 Å². The highest BCUT2D eigenvalue weighted by Gasteiger charge is 2.09. The van der Waals surface area contributed by atoms with Gasteiger partial charge in [0.25, 0.3) is 5.56 Å². The van der Waals surface area contributed by atoms with Crippen LogP contribution < -0.4 is 10.3 Å². The predicted molar refractivity (Wildman–Crippen MR) is 85.2 cm³/mol. The Morgan fingerprint density at radius 1 is 1.24 bits per heavy atom. The molecule has 0 saturated carbocycles. The second-order valence-electron chi connectivity index (χ2n) is 5.14. The molecule has 0 aliphatic heterocycles. The van der Waals surface area contributed by atoms with Crippen molar-refractivity contribution in [2.24, 2.45) is 0 Å². The van der Waals surface area contributed by atoms with Crippen molar-refractivity contribution in [1.29, 1.82) is 0 Å². The Bertz CT molecular complexity index is 823. The second-order valence-corrected chi connectivity index (χ2v) is 7.24. The Kier molecular flexibility index (Phi) is 4.49. The largest absolute Gasteiger partial charge is 0.321 e. The summed E-state index contributed by atoms with van der Waals surface area (Å²) >= 11 is 0. The van der Waals surface area contributed by atoms with Gasteiger partial charge in [-0.05, 0) is 49.8 Å². The van der Waals surface area contributed by atoms with E-state index in [0.717, 1.165) is 22.0 Å². The van der Waals surface area contributed by atoms with Crippen molar-refractivity contribution in [3.05, 3.63) is 45.2 Å². The van der Waals surface area contributed by atoms with Crippen LogP contribution in [0.4, 0.5) is 0 Å². The topological polar surface area (TPSA) is 79.0 Å². The van der Waals surface area contributed by atoms with Crippen LogP contribution in [0.25, 0.3) is 10.9 Å². The van der Waals surface area contributed by atoms with E-state index >= 15 is 0 Å². The van der Waals surface area contributed by atoms with Gasteiger partial charge in [0.05, 0.1) is 11.3 Å². The number of aromatic amines is 1. The summed E-state index contributed by atoms with van der Waals surface area (Å²) in [4.78, 5) is 15.0. The number of hydrogen-bond acceptors (Lipinski definition) is 3. The molecule has 0 spiro atoms. The molecule has 2 N–H and O–H groups in total. The number of hydrogen-bond donors (Lipinski definition) is 2. The highest BCUT2D eigenvalue weighted by molar-refractivity contribution is 7.89. The molecular weight excluding hydrogens is 288 g/mol. The molecular formula is C15H20N2O3S. The summed E-state index contributed by atoms with van der Waals surface area (Å²) < 4.78 is 25.2. The summed E-state index contributed by atoms with van der Waals surface area (Å²) in [6.07, 6.45) is 0.372. The minimum atomic E-state index is -3.22. The van der Waals surface area contributed by atoms with Gasteiger partial charge in [0.15, 0.2) is 0 Å². The number of rotatable bonds is 5. The Morgan fingerprint density at radius 2 is 1.95 bits per heavy atom. The fourth-order valence-electron chi connectivity index (χ4n) is 2.20. The van der Waals surface area contributed by atoms with E-state index < -0.39 is 10.0 Å². The van der Waals surface area contributed by atoms with Crippen LogP contribution in [0.2, 0.25) is 0 Å². The Morgan fingerprint density at radius 3 is 2.62 bits per heavy atom. The number of aryl methyl sites for hydroxylation is 2. The molecule has 2 rings (SSSR count). The van der Waals surface area contributed by atoms with Crippen LogP contribution in [0.3, 0.4) is 0 Å². The van der Waals surface area contributed by atoms with Crippen molar-refractivity contribution >= 4 is 20.9 Å². The van der Waals surface area contributed by atoms with E-state index in [1.54, 1.807) is 6.92 Å². The van der Waals surface area contributed by atoms with Crippen molar-refractivity contribution in [2.45, 2.75) is 27.2 Å². The van der Waals surface area contributed by atoms with Crippen LogP contribution in [-0.2, 0) is 16.4 Å². The highest BCUT2D eigenvalue weighted by Crippen LogP contribution is 2.18. The predicted octanol–water partition coefficient (Wildman–Crippen LogP) is 1.63. The zero-order chi connectivity index (χ0) is 15.6. The molecule has 0 atom stereocenters. The van der Waals surface area contributed by atoms with E-state index in [-0.39, 0.29) is 17.9 Å². The van der Waals surface area contributed by atoms with Crippen LogP contribution in [0.5, 0.6) is 0 Å². The van der Waals surface area contributed by atoms with Gasteiger partial charge in [0.1, 0.15) is 0 Å². The maximum atomic E-state index is 12.1. The number of H-pyrrole nitrogens is 1. The lowest BCUT2D eigenvalue weighted by Gasteiger charge is -2.08. The molecule has 0 bridgehead atoms. The van der Waals surface area contributed by atoms with Gasteiger partial charge in [-0.3, -0.25) is 4.79 Å². The van der Waals surface area contributed by atoms with E-state index in [1.807, 2.05) is 32.0 Å². The summed E-state index contributed by atoms with van der Waals surface area (Å²) in [5.74, 6) is 0.0412. The lowest BCUT2D eigenvalue weighted by molar-refractivity contribution is 0.583. The molecule has 0 unspecified atom stereocenters. The van der Waals surface area contributed by atoms with E-state index in [4.69, 9.17) is 0 Å². The number of sulfonamides is 1. The van der Waals surface area contributed by atoms with Gasteiger partial charge in [-0.2, -0.15) is 0 Å². The normalized spacial score (nSPS) is 12.0. The van der Waals surface area contributed by atoms with Gasteiger partial charge in [0.2, 0.25) is 10.0 Å². The number of nitrogens with one attached hydrogen (secondary N) is 2. The molecule has 6 heteroatoms. The fraction of sp³-hybridized carbons (Fsp3) is 0.400. The Labute approximate surface area is 124 Å². The number of aromatic nitrogens is 1. The average molecular weight is 308 g/mol. The van der Waals surface area contributed by atoms with Crippen molar-refractivity contribution < 1.29 is 8.42 Å². The molecule has 5 nitrogen and oxygen atoms in total. The van der Waals surface area contributed by atoms with Crippen molar-refractivity contribution in [3.63, 3.8) is 0 Å². The third-order valence-corrected chi connectivity index (χ3v) is 5.13. The van der Waals surface area contributed by atoms with Crippen LogP contribution in [0.1, 0.15) is 23.6 Å². The Hall–Kier alpha value is -1.66. The number of pyridine rings is 1. The van der Waals surface area contributed by atoms with Crippen LogP contribution >= 0.6 is 0 Å². The zero-order valence-corrected chi connectivity index (χ0v) is 13.3. The van der Waals surface area contributed by atoms with E-state index in [2.05, 4.69) is 9.71 Å². The first-order valence-electron chi connectivity index (χ1n) is 6.93. The van der Waals surface area contributed by atoms with Gasteiger partial charge in [-0.25, -0.2) is 13.1 Å². The molecule has 0 aliphatic carbocycles. The molecule has 0 aliphatic rings. The summed E-state index contributed by atoms with van der Waals surface area (Å²) in [6, 6.07) is 5.81. The maximum Gasteiger partial charge on any atom is 0.251 e. The number of benzene rings is 1. The minimum absolute atomic E-state index is 0.0412. The third-order valence-electron chi connectivity index (χ3n) is 3.72. The lowest BCUT2D eigenvalue weighted by atomic mass is 10.0. The number of fused-ring (bicyclic) bond motifs is 1. The van der Waals surface area contributed by atoms with Gasteiger partial charge < -0.3 is 4.98 Å². The standard InChI is InChI=1S/C15H20N2O3S/c1-4-21(19,20)16-8-7-13-9-12-6-5-10(2)11(3)14(12)17-15(13)18/h5-6,9,16H,4,7-8H2,1-3H3,(H,17,18). The molecule has 0 fully saturated rings. The summed E-state index contributed by atoms with van der Waals surface area (Å²) in [5.41, 5.74) is 3.46. The van der Waals surface area contributed by atoms with Crippen molar-refractivity contribution in [1.82, 2.24) is 9.71 Å². The molecule has 1 heterocycles. The molecule has 0 saturated heterocycles. The highest BCUT2D eigenvalue weighted by atomic mass is 32.2. The molecule has 0 radical (unpaired) electrons. The first-order chi connectivity index (χ1) is 9.84. The van der Waals surface area contributed by atoms with Gasteiger partial charge in [0, 0.05) is 12.1 Å². The third kappa shape index (κ3) is 3.51. The molecule has 0 amide bonds. The maximum absolute atomic E-state index is 12.1. The molecule has 1 aromatic heterocycles. The van der Waals surface area contributed by atoms with Crippen LogP contribution in [0.15, 0.2) is 23.0 Å². The van der Waals surface area contributed by atoms with Gasteiger partial charge in [-0.15, -0.1) is 0 Å². The molecule has 114 valence electrons. The Balaban J connectivity index is 2.28. The molecule has 1 aromatic carbocycles. The second kappa shape index (κ2) is 5.99. The van der Waals surface area contributed by atoms with Crippen molar-refractivity contribution in [3.8, 4) is 0 Å². The quantitative estimate of drug-likeness (QED) is 0.881. The van der Waals surface area contributed by atoms with Crippen LogP contribution in [0, 0.1) is 13.8 Å². The average Bonchev–Trinajstić information content (AvgIpc) is 2.44. The smallest absolute Gasteiger partial charge is 0.251 e. The van der Waals surface area contributed by atoms with Crippen molar-refractivity contribution in [2.75, 3.05) is 12.3 Å². The van der Waals surface area contributed by atoms with Gasteiger partial charge in [-0.1, -0.05) is 12.1 Å². The monoisotopic (exact) mass is 308 g/mol. The van der Waals surface area contributed by atoms with E-state index in [0.29, 0.717) is 12.0 Å². The molecule has 2 aromatic rings.